The van der Waals surface area contributed by atoms with Gasteiger partial charge in [0.05, 0.1) is 37.2 Å². The van der Waals surface area contributed by atoms with Crippen LogP contribution in [0.1, 0.15) is 34.1 Å². The number of anilines is 1. The van der Waals surface area contributed by atoms with E-state index in [4.69, 9.17) is 9.47 Å². The Balaban J connectivity index is 1.77. The minimum atomic E-state index is -1.20. The van der Waals surface area contributed by atoms with Crippen LogP contribution < -0.4 is 9.64 Å². The van der Waals surface area contributed by atoms with Crippen molar-refractivity contribution in [3.63, 3.8) is 0 Å². The number of hydrogen-bond acceptors (Lipinski definition) is 6. The molecule has 10 heteroatoms. The smallest absolute Gasteiger partial charge is 0.248 e. The quantitative estimate of drug-likeness (QED) is 0.286. The van der Waals surface area contributed by atoms with E-state index in [2.05, 4.69) is 29.1 Å². The molecule has 3 aliphatic rings. The van der Waals surface area contributed by atoms with Crippen molar-refractivity contribution in [2.75, 3.05) is 31.2 Å². The lowest BCUT2D eigenvalue weighted by Gasteiger charge is -2.39. The molecule has 9 nitrogen and oxygen atoms in total. The molecule has 4 rings (SSSR count). The van der Waals surface area contributed by atoms with Crippen molar-refractivity contribution in [2.24, 2.45) is 11.8 Å². The molecule has 0 radical (unpaired) electrons. The van der Waals surface area contributed by atoms with E-state index < -0.39 is 35.6 Å². The van der Waals surface area contributed by atoms with Crippen LogP contribution in [-0.2, 0) is 19.1 Å². The van der Waals surface area contributed by atoms with E-state index in [-0.39, 0.29) is 41.7 Å². The topological polar surface area (TPSA) is 99.6 Å². The average molecular weight is 619 g/mol. The number of ether oxygens (including phenoxy) is 2. The Hall–Kier alpha value is -2.69. The zero-order chi connectivity index (χ0) is 29.4. The van der Waals surface area contributed by atoms with E-state index in [0.717, 1.165) is 0 Å². The maximum Gasteiger partial charge on any atom is 0.248 e. The predicted octanol–water partition coefficient (Wildman–Crippen LogP) is 3.16. The highest BCUT2D eigenvalue weighted by molar-refractivity contribution is 9.09. The molecule has 1 aromatic carbocycles. The van der Waals surface area contributed by atoms with Gasteiger partial charge >= 0.3 is 0 Å². The number of benzene rings is 1. The molecule has 0 aromatic heterocycles. The molecule has 1 aromatic rings. The second-order valence-electron chi connectivity index (χ2n) is 11.0. The standard InChI is InChI=1S/C30H40BrN3O6/c1-7-14-32(18(4)5)29(38)26-30-16-22(31)25(40-30)23(24(30)28(37)34(26)19(6)17-35)27(36)33(15-8-2)20-10-12-21(13-11-20)39-9-3/h7-8,10-13,18-19,22-26,35H,1-2,9,14-17H2,3-6H3/t19-,22?,23+,24+,25+,26?,30?/m1/s1. The van der Waals surface area contributed by atoms with Gasteiger partial charge in [-0.3, -0.25) is 14.4 Å². The van der Waals surface area contributed by atoms with Crippen molar-refractivity contribution in [1.29, 1.82) is 0 Å². The van der Waals surface area contributed by atoms with Gasteiger partial charge in [-0.25, -0.2) is 0 Å². The van der Waals surface area contributed by atoms with E-state index in [1.165, 1.54) is 4.90 Å². The summed E-state index contributed by atoms with van der Waals surface area (Å²) in [5.41, 5.74) is -0.559. The minimum absolute atomic E-state index is 0.152. The number of carbonyl (C=O) groups is 3. The van der Waals surface area contributed by atoms with E-state index in [9.17, 15) is 19.5 Å². The molecule has 3 aliphatic heterocycles. The molecule has 2 bridgehead atoms. The fourth-order valence-electron chi connectivity index (χ4n) is 6.56. The Morgan fingerprint density at radius 3 is 2.40 bits per heavy atom. The van der Waals surface area contributed by atoms with Crippen molar-refractivity contribution in [3.8, 4) is 5.75 Å². The first-order valence-corrected chi connectivity index (χ1v) is 14.8. The van der Waals surface area contributed by atoms with Gasteiger partial charge in [0.15, 0.2) is 0 Å². The first kappa shape index (κ1) is 30.3. The first-order chi connectivity index (χ1) is 19.1. The van der Waals surface area contributed by atoms with Crippen LogP contribution in [0, 0.1) is 11.8 Å². The molecule has 40 heavy (non-hydrogen) atoms. The van der Waals surface area contributed by atoms with Crippen molar-refractivity contribution >= 4 is 39.3 Å². The van der Waals surface area contributed by atoms with E-state index >= 15 is 0 Å². The summed E-state index contributed by atoms with van der Waals surface area (Å²) in [5, 5.41) is 10.1. The molecular weight excluding hydrogens is 578 g/mol. The molecule has 218 valence electrons. The van der Waals surface area contributed by atoms with Gasteiger partial charge in [0, 0.05) is 29.6 Å². The lowest BCUT2D eigenvalue weighted by atomic mass is 9.70. The normalized spacial score (nSPS) is 29.3. The average Bonchev–Trinajstić information content (AvgIpc) is 3.53. The lowest BCUT2D eigenvalue weighted by Crippen LogP contribution is -2.59. The Bertz CT molecular complexity index is 1140. The first-order valence-electron chi connectivity index (χ1n) is 13.9. The van der Waals surface area contributed by atoms with Crippen molar-refractivity contribution < 1.29 is 29.0 Å². The Morgan fingerprint density at radius 2 is 1.85 bits per heavy atom. The highest BCUT2D eigenvalue weighted by Crippen LogP contribution is 2.61. The molecule has 3 amide bonds. The molecule has 1 N–H and O–H groups in total. The van der Waals surface area contributed by atoms with Crippen molar-refractivity contribution in [3.05, 3.63) is 49.6 Å². The zero-order valence-electron chi connectivity index (χ0n) is 23.7. The number of carbonyl (C=O) groups excluding carboxylic acids is 3. The van der Waals surface area contributed by atoms with Gasteiger partial charge in [-0.15, -0.1) is 13.2 Å². The minimum Gasteiger partial charge on any atom is -0.494 e. The van der Waals surface area contributed by atoms with Crippen LogP contribution in [0.3, 0.4) is 0 Å². The number of nitrogens with zero attached hydrogens (tertiary/aromatic N) is 3. The summed E-state index contributed by atoms with van der Waals surface area (Å²) in [5.74, 6) is -1.88. The van der Waals surface area contributed by atoms with Crippen LogP contribution >= 0.6 is 15.9 Å². The monoisotopic (exact) mass is 617 g/mol. The van der Waals surface area contributed by atoms with Gasteiger partial charge < -0.3 is 29.3 Å². The summed E-state index contributed by atoms with van der Waals surface area (Å²) in [4.78, 5) is 47.3. The Kier molecular flexibility index (Phi) is 9.11. The molecule has 7 atom stereocenters. The number of aliphatic hydroxyl groups excluding tert-OH is 1. The number of fused-ring (bicyclic) bond motifs is 1. The second kappa shape index (κ2) is 12.0. The number of aliphatic hydroxyl groups is 1. The SMILES string of the molecule is C=CCN(C(=O)[C@H]1[C@H]2C(=O)N([C@H](C)CO)C(C(=O)N(CC=C)C(C)C)C23CC(Br)[C@@H]1O3)c1ccc(OCC)cc1. The van der Waals surface area contributed by atoms with Gasteiger partial charge in [-0.05, 0) is 58.4 Å². The van der Waals surface area contributed by atoms with Crippen LogP contribution in [0.2, 0.25) is 0 Å². The van der Waals surface area contributed by atoms with Gasteiger partial charge in [0.25, 0.3) is 0 Å². The molecule has 3 saturated heterocycles. The summed E-state index contributed by atoms with van der Waals surface area (Å²) in [6.07, 6.45) is 3.10. The summed E-state index contributed by atoms with van der Waals surface area (Å²) >= 11 is 3.72. The van der Waals surface area contributed by atoms with Crippen molar-refractivity contribution in [1.82, 2.24) is 9.80 Å². The fraction of sp³-hybridized carbons (Fsp3) is 0.567. The zero-order valence-corrected chi connectivity index (χ0v) is 25.2. The summed E-state index contributed by atoms with van der Waals surface area (Å²) in [6.45, 7) is 15.8. The predicted molar refractivity (Wildman–Crippen MR) is 156 cm³/mol. The highest BCUT2D eigenvalue weighted by atomic mass is 79.9. The number of likely N-dealkylation sites (tertiary alicyclic amines) is 1. The van der Waals surface area contributed by atoms with Crippen molar-refractivity contribution in [2.45, 2.75) is 68.8 Å². The largest absolute Gasteiger partial charge is 0.494 e. The lowest BCUT2D eigenvalue weighted by molar-refractivity contribution is -0.151. The molecule has 0 aliphatic carbocycles. The Labute approximate surface area is 244 Å². The maximum absolute atomic E-state index is 14.4. The van der Waals surface area contributed by atoms with Crippen LogP contribution in [0.25, 0.3) is 0 Å². The number of hydrogen-bond donors (Lipinski definition) is 1. The number of alkyl halides is 1. The maximum atomic E-state index is 14.4. The van der Waals surface area contributed by atoms with Crippen LogP contribution in [0.15, 0.2) is 49.6 Å². The van der Waals surface area contributed by atoms with Crippen LogP contribution in [0.5, 0.6) is 5.75 Å². The molecule has 3 unspecified atom stereocenters. The van der Waals surface area contributed by atoms with Gasteiger partial charge in [-0.2, -0.15) is 0 Å². The van der Waals surface area contributed by atoms with E-state index in [1.54, 1.807) is 53.1 Å². The number of amides is 3. The summed E-state index contributed by atoms with van der Waals surface area (Å²) in [6, 6.07) is 5.45. The van der Waals surface area contributed by atoms with Crippen LogP contribution in [0.4, 0.5) is 5.69 Å². The molecule has 0 saturated carbocycles. The van der Waals surface area contributed by atoms with Gasteiger partial charge in [-0.1, -0.05) is 28.1 Å². The fourth-order valence-corrected chi connectivity index (χ4v) is 7.51. The third kappa shape index (κ3) is 4.88. The number of halogens is 1. The second-order valence-corrected chi connectivity index (χ2v) is 12.2. The summed E-state index contributed by atoms with van der Waals surface area (Å²) in [7, 11) is 0. The van der Waals surface area contributed by atoms with Crippen LogP contribution in [-0.4, -0.2) is 93.6 Å². The van der Waals surface area contributed by atoms with E-state index in [1.807, 2.05) is 20.8 Å². The van der Waals surface area contributed by atoms with Gasteiger partial charge in [0.2, 0.25) is 17.7 Å². The molecular formula is C30H40BrN3O6. The molecule has 1 spiro atoms. The highest BCUT2D eigenvalue weighted by Gasteiger charge is 2.77. The number of rotatable bonds is 12. The third-order valence-corrected chi connectivity index (χ3v) is 9.10. The Morgan fingerprint density at radius 1 is 1.20 bits per heavy atom. The summed E-state index contributed by atoms with van der Waals surface area (Å²) < 4.78 is 12.2. The van der Waals surface area contributed by atoms with E-state index in [0.29, 0.717) is 31.0 Å². The molecule has 3 heterocycles. The molecule has 3 fully saturated rings. The van der Waals surface area contributed by atoms with Gasteiger partial charge in [0.1, 0.15) is 17.4 Å². The third-order valence-electron chi connectivity index (χ3n) is 8.25.